The van der Waals surface area contributed by atoms with Crippen LogP contribution in [-0.4, -0.2) is 0 Å². The van der Waals surface area contributed by atoms with E-state index in [-0.39, 0.29) is 0 Å². The van der Waals surface area contributed by atoms with Gasteiger partial charge < -0.3 is 0 Å². The minimum atomic E-state index is 0.497. The third kappa shape index (κ3) is 6.26. The van der Waals surface area contributed by atoms with E-state index in [4.69, 9.17) is 0 Å². The number of hydrogen-bond donors (Lipinski definition) is 0. The maximum absolute atomic E-state index is 2.66. The van der Waals surface area contributed by atoms with Crippen molar-refractivity contribution < 1.29 is 0 Å². The first-order chi connectivity index (χ1) is 13.6. The van der Waals surface area contributed by atoms with Gasteiger partial charge in [0.1, 0.15) is 0 Å². The zero-order chi connectivity index (χ0) is 21.2. The molecular formula is C29H54. The Labute approximate surface area is 184 Å². The minimum absolute atomic E-state index is 0.497. The van der Waals surface area contributed by atoms with Gasteiger partial charge in [0, 0.05) is 0 Å². The lowest BCUT2D eigenvalue weighted by atomic mass is 9.67. The van der Waals surface area contributed by atoms with E-state index in [1.54, 1.807) is 32.1 Å². The van der Waals surface area contributed by atoms with Crippen molar-refractivity contribution in [1.82, 2.24) is 0 Å². The van der Waals surface area contributed by atoms with E-state index >= 15 is 0 Å². The molecule has 0 spiro atoms. The molecule has 0 bridgehead atoms. The van der Waals surface area contributed by atoms with Gasteiger partial charge in [-0.3, -0.25) is 0 Å². The van der Waals surface area contributed by atoms with Gasteiger partial charge >= 0.3 is 0 Å². The van der Waals surface area contributed by atoms with Crippen molar-refractivity contribution in [1.29, 1.82) is 0 Å². The van der Waals surface area contributed by atoms with E-state index < -0.39 is 0 Å². The van der Waals surface area contributed by atoms with Crippen molar-refractivity contribution in [3.8, 4) is 0 Å². The molecule has 29 heavy (non-hydrogen) atoms. The SMILES string of the molecule is CC1C(CC(C)(C)C)CCC1C1CCCC(C(C)(C)C)CCCC1C1CCCC1. The van der Waals surface area contributed by atoms with Gasteiger partial charge in [-0.05, 0) is 97.2 Å². The van der Waals surface area contributed by atoms with Gasteiger partial charge in [0.15, 0.2) is 0 Å². The maximum atomic E-state index is 2.66. The summed E-state index contributed by atoms with van der Waals surface area (Å²) in [4.78, 5) is 0. The summed E-state index contributed by atoms with van der Waals surface area (Å²) < 4.78 is 0. The van der Waals surface area contributed by atoms with Gasteiger partial charge in [0.05, 0.1) is 0 Å². The third-order valence-electron chi connectivity index (χ3n) is 9.67. The van der Waals surface area contributed by atoms with E-state index in [1.807, 2.05) is 0 Å². The van der Waals surface area contributed by atoms with Gasteiger partial charge in [-0.15, -0.1) is 0 Å². The molecule has 0 nitrogen and oxygen atoms in total. The summed E-state index contributed by atoms with van der Waals surface area (Å²) in [7, 11) is 0. The lowest BCUT2D eigenvalue weighted by Gasteiger charge is -2.39. The summed E-state index contributed by atoms with van der Waals surface area (Å²) in [5.41, 5.74) is 0.998. The summed E-state index contributed by atoms with van der Waals surface area (Å²) in [5.74, 6) is 7.08. The molecule has 0 heterocycles. The van der Waals surface area contributed by atoms with Gasteiger partial charge in [-0.25, -0.2) is 0 Å². The highest BCUT2D eigenvalue weighted by Crippen LogP contribution is 2.53. The Balaban J connectivity index is 1.75. The largest absolute Gasteiger partial charge is 0.0620 e. The van der Waals surface area contributed by atoms with Crippen LogP contribution >= 0.6 is 0 Å². The third-order valence-corrected chi connectivity index (χ3v) is 9.67. The molecule has 3 saturated carbocycles. The van der Waals surface area contributed by atoms with Crippen molar-refractivity contribution in [2.45, 2.75) is 132 Å². The van der Waals surface area contributed by atoms with Gasteiger partial charge in [0.2, 0.25) is 0 Å². The normalized spacial score (nSPS) is 38.6. The highest BCUT2D eigenvalue weighted by atomic mass is 14.5. The molecule has 3 rings (SSSR count). The highest BCUT2D eigenvalue weighted by Gasteiger charge is 2.43. The molecule has 6 atom stereocenters. The average molecular weight is 403 g/mol. The Bertz CT molecular complexity index is 483. The van der Waals surface area contributed by atoms with Crippen molar-refractivity contribution in [2.75, 3.05) is 0 Å². The van der Waals surface area contributed by atoms with Crippen molar-refractivity contribution in [3.05, 3.63) is 0 Å². The second-order valence-corrected chi connectivity index (χ2v) is 13.9. The topological polar surface area (TPSA) is 0 Å². The second kappa shape index (κ2) is 9.65. The molecule has 0 aromatic heterocycles. The Morgan fingerprint density at radius 3 is 1.72 bits per heavy atom. The van der Waals surface area contributed by atoms with E-state index in [0.717, 1.165) is 41.4 Å². The first-order valence-corrected chi connectivity index (χ1v) is 13.6. The van der Waals surface area contributed by atoms with E-state index in [2.05, 4.69) is 48.5 Å². The van der Waals surface area contributed by atoms with Gasteiger partial charge in [-0.2, -0.15) is 0 Å². The molecule has 6 unspecified atom stereocenters. The fourth-order valence-corrected chi connectivity index (χ4v) is 8.10. The lowest BCUT2D eigenvalue weighted by Crippen LogP contribution is -2.31. The van der Waals surface area contributed by atoms with Crippen molar-refractivity contribution in [3.63, 3.8) is 0 Å². The van der Waals surface area contributed by atoms with Crippen LogP contribution in [0, 0.1) is 52.3 Å². The summed E-state index contributed by atoms with van der Waals surface area (Å²) in [5, 5.41) is 0. The highest BCUT2D eigenvalue weighted by molar-refractivity contribution is 4.93. The molecule has 0 aromatic carbocycles. The van der Waals surface area contributed by atoms with Crippen molar-refractivity contribution >= 4 is 0 Å². The smallest absolute Gasteiger partial charge is 0.0352 e. The second-order valence-electron chi connectivity index (χ2n) is 13.9. The zero-order valence-corrected chi connectivity index (χ0v) is 21.2. The molecule has 0 N–H and O–H groups in total. The summed E-state index contributed by atoms with van der Waals surface area (Å²) in [6, 6.07) is 0. The lowest BCUT2D eigenvalue weighted by molar-refractivity contribution is 0.105. The zero-order valence-electron chi connectivity index (χ0n) is 21.2. The molecule has 0 radical (unpaired) electrons. The van der Waals surface area contributed by atoms with Gasteiger partial charge in [-0.1, -0.05) is 87.0 Å². The van der Waals surface area contributed by atoms with E-state index in [0.29, 0.717) is 10.8 Å². The van der Waals surface area contributed by atoms with Crippen LogP contribution in [0.15, 0.2) is 0 Å². The van der Waals surface area contributed by atoms with Crippen molar-refractivity contribution in [2.24, 2.45) is 52.3 Å². The van der Waals surface area contributed by atoms with Crippen LogP contribution in [0.25, 0.3) is 0 Å². The standard InChI is InChI=1S/C29H54/c1-21-23(20-28(2,3)4)18-19-25(21)27-17-11-15-24(29(5,6)7)14-10-16-26(27)22-12-8-9-13-22/h21-27H,8-20H2,1-7H3. The minimum Gasteiger partial charge on any atom is -0.0620 e. The molecule has 3 fully saturated rings. The predicted octanol–water partition coefficient (Wildman–Crippen LogP) is 9.52. The summed E-state index contributed by atoms with van der Waals surface area (Å²) >= 11 is 0. The Morgan fingerprint density at radius 1 is 0.586 bits per heavy atom. The molecule has 3 aliphatic carbocycles. The average Bonchev–Trinajstić information content (AvgIpc) is 3.24. The van der Waals surface area contributed by atoms with Gasteiger partial charge in [0.25, 0.3) is 0 Å². The van der Waals surface area contributed by atoms with Crippen LogP contribution < -0.4 is 0 Å². The fourth-order valence-electron chi connectivity index (χ4n) is 8.10. The molecule has 170 valence electrons. The van der Waals surface area contributed by atoms with E-state index in [9.17, 15) is 0 Å². The van der Waals surface area contributed by atoms with Crippen LogP contribution in [0.1, 0.15) is 132 Å². The summed E-state index contributed by atoms with van der Waals surface area (Å²) in [6.07, 6.45) is 19.7. The van der Waals surface area contributed by atoms with Crippen LogP contribution in [-0.2, 0) is 0 Å². The molecule has 0 heteroatoms. The molecule has 0 aromatic rings. The van der Waals surface area contributed by atoms with Crippen LogP contribution in [0.2, 0.25) is 0 Å². The molecule has 0 amide bonds. The Kier molecular flexibility index (Phi) is 7.87. The fraction of sp³-hybridized carbons (Fsp3) is 1.00. The molecular weight excluding hydrogens is 348 g/mol. The monoisotopic (exact) mass is 402 g/mol. The molecule has 0 saturated heterocycles. The summed E-state index contributed by atoms with van der Waals surface area (Å²) in [6.45, 7) is 17.5. The predicted molar refractivity (Wildman–Crippen MR) is 129 cm³/mol. The maximum Gasteiger partial charge on any atom is -0.0352 e. The number of rotatable bonds is 3. The van der Waals surface area contributed by atoms with Crippen LogP contribution in [0.3, 0.4) is 0 Å². The molecule has 3 aliphatic rings. The first kappa shape index (κ1) is 23.7. The van der Waals surface area contributed by atoms with Crippen LogP contribution in [0.5, 0.6) is 0 Å². The number of hydrogen-bond acceptors (Lipinski definition) is 0. The Morgan fingerprint density at radius 2 is 1.17 bits per heavy atom. The quantitative estimate of drug-likeness (QED) is 0.441. The first-order valence-electron chi connectivity index (χ1n) is 13.6. The van der Waals surface area contributed by atoms with E-state index in [1.165, 1.54) is 51.4 Å². The molecule has 0 aliphatic heterocycles. The van der Waals surface area contributed by atoms with Crippen LogP contribution in [0.4, 0.5) is 0 Å². The Hall–Kier alpha value is 0.